The van der Waals surface area contributed by atoms with Crippen LogP contribution in [0.1, 0.15) is 19.5 Å². The summed E-state index contributed by atoms with van der Waals surface area (Å²) in [6, 6.07) is 3.84. The minimum atomic E-state index is 0.583. The lowest BCUT2D eigenvalue weighted by Crippen LogP contribution is -2.01. The van der Waals surface area contributed by atoms with E-state index in [1.54, 1.807) is 4.68 Å². The van der Waals surface area contributed by atoms with Crippen molar-refractivity contribution >= 4 is 12.2 Å². The van der Waals surface area contributed by atoms with Gasteiger partial charge in [-0.05, 0) is 24.5 Å². The second kappa shape index (κ2) is 4.79. The number of rotatable bonds is 3. The first kappa shape index (κ1) is 12.0. The van der Waals surface area contributed by atoms with Crippen LogP contribution in [0.15, 0.2) is 18.3 Å². The minimum Gasteiger partial charge on any atom is -0.342 e. The van der Waals surface area contributed by atoms with Crippen LogP contribution >= 0.6 is 12.2 Å². The third kappa shape index (κ3) is 3.00. The summed E-state index contributed by atoms with van der Waals surface area (Å²) in [5.74, 6) is 1.33. The van der Waals surface area contributed by atoms with E-state index in [1.165, 1.54) is 0 Å². The summed E-state index contributed by atoms with van der Waals surface area (Å²) in [6.07, 6.45) is 2.86. The summed E-state index contributed by atoms with van der Waals surface area (Å²) in [5, 5.41) is 4.32. The van der Waals surface area contributed by atoms with Gasteiger partial charge in [-0.3, -0.25) is 4.68 Å². The smallest absolute Gasteiger partial charge is 0.159 e. The van der Waals surface area contributed by atoms with Crippen LogP contribution < -0.4 is 0 Å². The van der Waals surface area contributed by atoms with Gasteiger partial charge < -0.3 is 4.98 Å². The summed E-state index contributed by atoms with van der Waals surface area (Å²) < 4.78 is 2.36. The van der Waals surface area contributed by atoms with E-state index in [0.29, 0.717) is 10.6 Å². The maximum absolute atomic E-state index is 5.18. The maximum atomic E-state index is 5.18. The molecule has 90 valence electrons. The Labute approximate surface area is 106 Å². The first-order chi connectivity index (χ1) is 8.04. The van der Waals surface area contributed by atoms with Crippen LogP contribution in [0.2, 0.25) is 0 Å². The average Bonchev–Trinajstić information content (AvgIpc) is 2.62. The Bertz CT molecular complexity index is 568. The van der Waals surface area contributed by atoms with Gasteiger partial charge in [-0.2, -0.15) is 5.10 Å². The van der Waals surface area contributed by atoms with Gasteiger partial charge in [0.05, 0.1) is 0 Å². The Morgan fingerprint density at radius 1 is 1.47 bits per heavy atom. The van der Waals surface area contributed by atoms with Crippen LogP contribution in [-0.4, -0.2) is 19.7 Å². The molecule has 0 aliphatic heterocycles. The second-order valence-corrected chi connectivity index (χ2v) is 4.98. The summed E-state index contributed by atoms with van der Waals surface area (Å²) in [5.41, 5.74) is 1.94. The van der Waals surface area contributed by atoms with Crippen LogP contribution in [0.3, 0.4) is 0 Å². The molecule has 0 aliphatic rings. The molecule has 0 saturated heterocycles. The van der Waals surface area contributed by atoms with E-state index in [0.717, 1.165) is 23.6 Å². The Morgan fingerprint density at radius 3 is 2.82 bits per heavy atom. The molecule has 0 bridgehead atoms. The molecule has 0 atom stereocenters. The summed E-state index contributed by atoms with van der Waals surface area (Å²) >= 11 is 5.18. The summed E-state index contributed by atoms with van der Waals surface area (Å²) in [6.45, 7) is 4.36. The van der Waals surface area contributed by atoms with Crippen LogP contribution in [0.25, 0.3) is 11.5 Å². The normalized spacial score (nSPS) is 11.1. The van der Waals surface area contributed by atoms with Gasteiger partial charge in [0.25, 0.3) is 0 Å². The molecule has 1 N–H and O–H groups in total. The zero-order valence-corrected chi connectivity index (χ0v) is 11.1. The zero-order valence-electron chi connectivity index (χ0n) is 10.3. The van der Waals surface area contributed by atoms with E-state index < -0.39 is 0 Å². The molecule has 0 spiro atoms. The molecule has 0 unspecified atom stereocenters. The van der Waals surface area contributed by atoms with Gasteiger partial charge in [0.1, 0.15) is 10.3 Å². The molecular formula is C12H16N4S. The number of nitrogens with zero attached hydrogens (tertiary/aromatic N) is 3. The number of H-pyrrole nitrogens is 1. The number of aryl methyl sites for hydroxylation is 1. The molecule has 2 aromatic rings. The SMILES string of the molecule is CC(C)Cc1cc(=S)nc(-c2ccn(C)n2)[nH]1. The highest BCUT2D eigenvalue weighted by atomic mass is 32.1. The lowest BCUT2D eigenvalue weighted by atomic mass is 10.1. The standard InChI is InChI=1S/C12H16N4S/c1-8(2)6-9-7-11(17)14-12(13-9)10-4-5-16(3)15-10/h4-5,7-8H,6H2,1-3H3,(H,13,14,17). The van der Waals surface area contributed by atoms with Crippen LogP contribution in [0.4, 0.5) is 0 Å². The fourth-order valence-corrected chi connectivity index (χ4v) is 1.95. The van der Waals surface area contributed by atoms with Crippen molar-refractivity contribution in [2.75, 3.05) is 0 Å². The van der Waals surface area contributed by atoms with E-state index in [-0.39, 0.29) is 0 Å². The topological polar surface area (TPSA) is 46.5 Å². The second-order valence-electron chi connectivity index (χ2n) is 4.57. The molecule has 0 radical (unpaired) electrons. The van der Waals surface area contributed by atoms with Gasteiger partial charge in [-0.15, -0.1) is 0 Å². The van der Waals surface area contributed by atoms with Gasteiger partial charge in [0.15, 0.2) is 5.82 Å². The molecule has 0 fully saturated rings. The van der Waals surface area contributed by atoms with Crippen molar-refractivity contribution in [1.82, 2.24) is 19.7 Å². The average molecular weight is 248 g/mol. The highest BCUT2D eigenvalue weighted by Gasteiger charge is 2.06. The van der Waals surface area contributed by atoms with E-state index in [2.05, 4.69) is 28.9 Å². The van der Waals surface area contributed by atoms with Crippen molar-refractivity contribution in [2.24, 2.45) is 13.0 Å². The molecular weight excluding hydrogens is 232 g/mol. The molecule has 2 heterocycles. The number of nitrogens with one attached hydrogen (secondary N) is 1. The third-order valence-corrected chi connectivity index (χ3v) is 2.59. The van der Waals surface area contributed by atoms with E-state index >= 15 is 0 Å². The zero-order chi connectivity index (χ0) is 12.4. The van der Waals surface area contributed by atoms with E-state index in [9.17, 15) is 0 Å². The Kier molecular flexibility index (Phi) is 3.38. The summed E-state index contributed by atoms with van der Waals surface area (Å²) in [4.78, 5) is 7.60. The molecule has 0 aliphatic carbocycles. The predicted octanol–water partition coefficient (Wildman–Crippen LogP) is 2.74. The summed E-state index contributed by atoms with van der Waals surface area (Å²) in [7, 11) is 1.88. The first-order valence-electron chi connectivity index (χ1n) is 5.65. The van der Waals surface area contributed by atoms with Crippen molar-refractivity contribution in [2.45, 2.75) is 20.3 Å². The van der Waals surface area contributed by atoms with Crippen molar-refractivity contribution < 1.29 is 0 Å². The molecule has 2 aromatic heterocycles. The molecule has 2 rings (SSSR count). The monoisotopic (exact) mass is 248 g/mol. The fraction of sp³-hybridized carbons (Fsp3) is 0.417. The van der Waals surface area contributed by atoms with E-state index in [4.69, 9.17) is 12.2 Å². The molecule has 17 heavy (non-hydrogen) atoms. The molecule has 0 aromatic carbocycles. The molecule has 0 amide bonds. The Balaban J connectivity index is 2.41. The molecule has 5 heteroatoms. The quantitative estimate of drug-likeness (QED) is 0.850. The van der Waals surface area contributed by atoms with Gasteiger partial charge in [-0.1, -0.05) is 26.1 Å². The highest BCUT2D eigenvalue weighted by molar-refractivity contribution is 7.71. The third-order valence-electron chi connectivity index (χ3n) is 2.38. The van der Waals surface area contributed by atoms with E-state index in [1.807, 2.05) is 25.4 Å². The van der Waals surface area contributed by atoms with Crippen molar-refractivity contribution in [3.05, 3.63) is 28.7 Å². The van der Waals surface area contributed by atoms with Gasteiger partial charge in [0.2, 0.25) is 0 Å². The lowest BCUT2D eigenvalue weighted by Gasteiger charge is -2.06. The Morgan fingerprint density at radius 2 is 2.24 bits per heavy atom. The predicted molar refractivity (Wildman–Crippen MR) is 70.2 cm³/mol. The lowest BCUT2D eigenvalue weighted by molar-refractivity contribution is 0.634. The number of hydrogen-bond acceptors (Lipinski definition) is 3. The largest absolute Gasteiger partial charge is 0.342 e. The van der Waals surface area contributed by atoms with Gasteiger partial charge in [-0.25, -0.2) is 4.98 Å². The maximum Gasteiger partial charge on any atom is 0.159 e. The first-order valence-corrected chi connectivity index (χ1v) is 6.05. The van der Waals surface area contributed by atoms with Crippen LogP contribution in [-0.2, 0) is 13.5 Å². The number of hydrogen-bond donors (Lipinski definition) is 1. The van der Waals surface area contributed by atoms with Crippen LogP contribution in [0, 0.1) is 10.6 Å². The van der Waals surface area contributed by atoms with Gasteiger partial charge >= 0.3 is 0 Å². The number of aromatic nitrogens is 4. The molecule has 0 saturated carbocycles. The molecule has 4 nitrogen and oxygen atoms in total. The minimum absolute atomic E-state index is 0.583. The fourth-order valence-electron chi connectivity index (χ4n) is 1.72. The van der Waals surface area contributed by atoms with Crippen LogP contribution in [0.5, 0.6) is 0 Å². The van der Waals surface area contributed by atoms with Crippen molar-refractivity contribution in [3.8, 4) is 11.5 Å². The number of aromatic amines is 1. The Hall–Kier alpha value is -1.49. The van der Waals surface area contributed by atoms with Crippen molar-refractivity contribution in [1.29, 1.82) is 0 Å². The van der Waals surface area contributed by atoms with Crippen molar-refractivity contribution in [3.63, 3.8) is 0 Å². The van der Waals surface area contributed by atoms with Gasteiger partial charge in [0, 0.05) is 18.9 Å². The highest BCUT2D eigenvalue weighted by Crippen LogP contribution is 2.13.